The second kappa shape index (κ2) is 8.06. The number of hydrogen-bond acceptors (Lipinski definition) is 4. The highest BCUT2D eigenvalue weighted by Crippen LogP contribution is 2.25. The summed E-state index contributed by atoms with van der Waals surface area (Å²) >= 11 is 1.47. The minimum Gasteiger partial charge on any atom is -0.354 e. The molecule has 1 aliphatic rings. The Labute approximate surface area is 153 Å². The van der Waals surface area contributed by atoms with Crippen molar-refractivity contribution in [3.8, 4) is 5.69 Å². The normalized spacial score (nSPS) is 14.1. The lowest BCUT2D eigenvalue weighted by molar-refractivity contribution is -0.118. The third-order valence-electron chi connectivity index (χ3n) is 4.73. The van der Waals surface area contributed by atoms with Crippen LogP contribution in [0.15, 0.2) is 35.7 Å². The number of imidazole rings is 1. The SMILES string of the molecule is Cc1cccc(-n2ccnc2SCC(=O)NCCN(C)C2CC2)c1C. The first-order valence-corrected chi connectivity index (χ1v) is 9.74. The topological polar surface area (TPSA) is 50.2 Å². The Bertz CT molecular complexity index is 739. The molecule has 1 aromatic carbocycles. The Morgan fingerprint density at radius 2 is 2.20 bits per heavy atom. The summed E-state index contributed by atoms with van der Waals surface area (Å²) in [7, 11) is 2.12. The van der Waals surface area contributed by atoms with Crippen molar-refractivity contribution in [2.75, 3.05) is 25.9 Å². The molecular formula is C19H26N4OS. The number of hydrogen-bond donors (Lipinski definition) is 1. The fourth-order valence-corrected chi connectivity index (χ4v) is 3.62. The first-order valence-electron chi connectivity index (χ1n) is 8.76. The van der Waals surface area contributed by atoms with Gasteiger partial charge in [-0.2, -0.15) is 0 Å². The highest BCUT2D eigenvalue weighted by molar-refractivity contribution is 7.99. The molecule has 0 saturated heterocycles. The molecule has 2 aromatic rings. The molecule has 1 heterocycles. The minimum absolute atomic E-state index is 0.0599. The molecular weight excluding hydrogens is 332 g/mol. The molecule has 134 valence electrons. The highest BCUT2D eigenvalue weighted by atomic mass is 32.2. The number of nitrogens with zero attached hydrogens (tertiary/aromatic N) is 3. The summed E-state index contributed by atoms with van der Waals surface area (Å²) in [5, 5.41) is 3.85. The number of likely N-dealkylation sites (N-methyl/N-ethyl adjacent to an activating group) is 1. The third-order valence-corrected chi connectivity index (χ3v) is 5.70. The summed E-state index contributed by atoms with van der Waals surface area (Å²) < 4.78 is 2.06. The number of benzene rings is 1. The molecule has 1 amide bonds. The van der Waals surface area contributed by atoms with Gasteiger partial charge in [0.15, 0.2) is 5.16 Å². The summed E-state index contributed by atoms with van der Waals surface area (Å²) in [4.78, 5) is 18.8. The van der Waals surface area contributed by atoms with Crippen LogP contribution in [0, 0.1) is 13.8 Å². The van der Waals surface area contributed by atoms with Crippen LogP contribution in [0.3, 0.4) is 0 Å². The van der Waals surface area contributed by atoms with Crippen molar-refractivity contribution in [2.24, 2.45) is 0 Å². The molecule has 5 nitrogen and oxygen atoms in total. The van der Waals surface area contributed by atoms with E-state index < -0.39 is 0 Å². The number of aryl methyl sites for hydroxylation is 1. The Balaban J connectivity index is 1.52. The second-order valence-corrected chi connectivity index (χ2v) is 7.59. The third kappa shape index (κ3) is 4.64. The lowest BCUT2D eigenvalue weighted by atomic mass is 10.1. The summed E-state index contributed by atoms with van der Waals surface area (Å²) in [5.41, 5.74) is 3.60. The van der Waals surface area contributed by atoms with E-state index >= 15 is 0 Å². The van der Waals surface area contributed by atoms with Gasteiger partial charge in [-0.05, 0) is 50.9 Å². The van der Waals surface area contributed by atoms with E-state index in [0.29, 0.717) is 12.3 Å². The van der Waals surface area contributed by atoms with Gasteiger partial charge in [-0.15, -0.1) is 0 Å². The second-order valence-electron chi connectivity index (χ2n) is 6.65. The molecule has 1 N–H and O–H groups in total. The van der Waals surface area contributed by atoms with Gasteiger partial charge in [0.2, 0.25) is 5.91 Å². The average molecular weight is 359 g/mol. The number of carbonyl (C=O) groups excluding carboxylic acids is 1. The van der Waals surface area contributed by atoms with Crippen molar-refractivity contribution in [3.05, 3.63) is 41.7 Å². The number of thioether (sulfide) groups is 1. The number of aromatic nitrogens is 2. The zero-order valence-corrected chi connectivity index (χ0v) is 16.0. The molecule has 3 rings (SSSR count). The molecule has 0 spiro atoms. The Morgan fingerprint density at radius 3 is 2.96 bits per heavy atom. The quantitative estimate of drug-likeness (QED) is 0.737. The molecule has 6 heteroatoms. The van der Waals surface area contributed by atoms with Gasteiger partial charge in [-0.3, -0.25) is 9.36 Å². The molecule has 1 aromatic heterocycles. The standard InChI is InChI=1S/C19H26N4OS/c1-14-5-4-6-17(15(14)2)23-12-10-21-19(23)25-13-18(24)20-9-11-22(3)16-7-8-16/h4-6,10,12,16H,7-9,11,13H2,1-3H3,(H,20,24). The summed E-state index contributed by atoms with van der Waals surface area (Å²) in [6.07, 6.45) is 6.32. The molecule has 0 bridgehead atoms. The average Bonchev–Trinajstić information content (AvgIpc) is 3.34. The fraction of sp³-hybridized carbons (Fsp3) is 0.474. The van der Waals surface area contributed by atoms with Crippen LogP contribution in [0.5, 0.6) is 0 Å². The van der Waals surface area contributed by atoms with Gasteiger partial charge in [0.1, 0.15) is 0 Å². The number of rotatable bonds is 8. The molecule has 1 fully saturated rings. The van der Waals surface area contributed by atoms with E-state index in [1.54, 1.807) is 6.20 Å². The van der Waals surface area contributed by atoms with Crippen LogP contribution in [0.25, 0.3) is 5.69 Å². The van der Waals surface area contributed by atoms with Crippen LogP contribution in [0.1, 0.15) is 24.0 Å². The van der Waals surface area contributed by atoms with Gasteiger partial charge in [0, 0.05) is 31.5 Å². The highest BCUT2D eigenvalue weighted by Gasteiger charge is 2.25. The number of carbonyl (C=O) groups is 1. The van der Waals surface area contributed by atoms with E-state index in [2.05, 4.69) is 58.9 Å². The Morgan fingerprint density at radius 1 is 1.40 bits per heavy atom. The van der Waals surface area contributed by atoms with Crippen LogP contribution in [-0.2, 0) is 4.79 Å². The van der Waals surface area contributed by atoms with Crippen LogP contribution >= 0.6 is 11.8 Å². The first kappa shape index (κ1) is 18.0. The van der Waals surface area contributed by atoms with Gasteiger partial charge in [-0.1, -0.05) is 23.9 Å². The summed E-state index contributed by atoms with van der Waals surface area (Å²) in [5.74, 6) is 0.444. The fourth-order valence-electron chi connectivity index (χ4n) is 2.83. The molecule has 1 saturated carbocycles. The largest absolute Gasteiger partial charge is 0.354 e. The van der Waals surface area contributed by atoms with Gasteiger partial charge in [-0.25, -0.2) is 4.98 Å². The lowest BCUT2D eigenvalue weighted by Gasteiger charge is -2.15. The van der Waals surface area contributed by atoms with Crippen molar-refractivity contribution < 1.29 is 4.79 Å². The maximum Gasteiger partial charge on any atom is 0.230 e. The van der Waals surface area contributed by atoms with E-state index in [1.165, 1.54) is 35.7 Å². The van der Waals surface area contributed by atoms with Gasteiger partial charge in [0.25, 0.3) is 0 Å². The smallest absolute Gasteiger partial charge is 0.230 e. The van der Waals surface area contributed by atoms with Crippen molar-refractivity contribution >= 4 is 17.7 Å². The van der Waals surface area contributed by atoms with E-state index in [0.717, 1.165) is 23.4 Å². The monoisotopic (exact) mass is 358 g/mol. The molecule has 0 aliphatic heterocycles. The lowest BCUT2D eigenvalue weighted by Crippen LogP contribution is -2.34. The Kier molecular flexibility index (Phi) is 5.81. The predicted octanol–water partition coefficient (Wildman–Crippen LogP) is 2.79. The molecule has 25 heavy (non-hydrogen) atoms. The van der Waals surface area contributed by atoms with Crippen molar-refractivity contribution in [2.45, 2.75) is 37.9 Å². The van der Waals surface area contributed by atoms with E-state index in [9.17, 15) is 4.79 Å². The minimum atomic E-state index is 0.0599. The van der Waals surface area contributed by atoms with E-state index in [1.807, 2.05) is 6.20 Å². The molecule has 0 radical (unpaired) electrons. The Hall–Kier alpha value is -1.79. The zero-order valence-electron chi connectivity index (χ0n) is 15.2. The van der Waals surface area contributed by atoms with Crippen LogP contribution in [0.2, 0.25) is 0 Å². The van der Waals surface area contributed by atoms with E-state index in [4.69, 9.17) is 0 Å². The van der Waals surface area contributed by atoms with Crippen molar-refractivity contribution in [3.63, 3.8) is 0 Å². The summed E-state index contributed by atoms with van der Waals surface area (Å²) in [6.45, 7) is 5.84. The predicted molar refractivity (Wildman–Crippen MR) is 102 cm³/mol. The molecule has 1 aliphatic carbocycles. The maximum absolute atomic E-state index is 12.1. The van der Waals surface area contributed by atoms with Crippen molar-refractivity contribution in [1.82, 2.24) is 19.8 Å². The van der Waals surface area contributed by atoms with Gasteiger partial charge < -0.3 is 10.2 Å². The van der Waals surface area contributed by atoms with E-state index in [-0.39, 0.29) is 5.91 Å². The van der Waals surface area contributed by atoms with Crippen LogP contribution < -0.4 is 5.32 Å². The zero-order chi connectivity index (χ0) is 17.8. The molecule has 0 unspecified atom stereocenters. The molecule has 0 atom stereocenters. The maximum atomic E-state index is 12.1. The van der Waals surface area contributed by atoms with Gasteiger partial charge in [0.05, 0.1) is 11.4 Å². The summed E-state index contributed by atoms with van der Waals surface area (Å²) in [6, 6.07) is 6.97. The number of amides is 1. The van der Waals surface area contributed by atoms with Crippen molar-refractivity contribution in [1.29, 1.82) is 0 Å². The van der Waals surface area contributed by atoms with Gasteiger partial charge >= 0.3 is 0 Å². The van der Waals surface area contributed by atoms with Crippen LogP contribution in [-0.4, -0.2) is 52.3 Å². The van der Waals surface area contributed by atoms with Crippen LogP contribution in [0.4, 0.5) is 0 Å². The first-order chi connectivity index (χ1) is 12.1. The number of nitrogens with one attached hydrogen (secondary N) is 1.